The molecule has 1 aromatic heterocycles. The van der Waals surface area contributed by atoms with Gasteiger partial charge in [-0.3, -0.25) is 0 Å². The average molecular weight is 269 g/mol. The molecule has 0 radical (unpaired) electrons. The summed E-state index contributed by atoms with van der Waals surface area (Å²) in [6.07, 6.45) is 1.65. The lowest BCUT2D eigenvalue weighted by atomic mass is 10.1. The number of anilines is 1. The normalized spacial score (nSPS) is 11.8. The zero-order valence-electron chi connectivity index (χ0n) is 11.7. The number of nitrogens with one attached hydrogen (secondary N) is 1. The molecule has 3 nitrogen and oxygen atoms in total. The van der Waals surface area contributed by atoms with Crippen molar-refractivity contribution >= 4 is 5.82 Å². The molecule has 20 heavy (non-hydrogen) atoms. The largest absolute Gasteiger partial charge is 0.362 e. The molecule has 1 atom stereocenters. The summed E-state index contributed by atoms with van der Waals surface area (Å²) in [6.45, 7) is 5.50. The van der Waals surface area contributed by atoms with Crippen LogP contribution in [0.2, 0.25) is 0 Å². The van der Waals surface area contributed by atoms with E-state index in [-0.39, 0.29) is 11.9 Å². The van der Waals surface area contributed by atoms with E-state index in [4.69, 9.17) is 0 Å². The SMILES string of the molecule is Cc1ccc(C(C)Nc2nccc(C)c2C#N)cc1F. The van der Waals surface area contributed by atoms with Crippen LogP contribution in [0.25, 0.3) is 0 Å². The van der Waals surface area contributed by atoms with Crippen molar-refractivity contribution in [2.45, 2.75) is 26.8 Å². The smallest absolute Gasteiger partial charge is 0.144 e. The molecule has 102 valence electrons. The summed E-state index contributed by atoms with van der Waals surface area (Å²) in [4.78, 5) is 4.19. The highest BCUT2D eigenvalue weighted by Crippen LogP contribution is 2.23. The first-order chi connectivity index (χ1) is 9.52. The van der Waals surface area contributed by atoms with Gasteiger partial charge in [-0.2, -0.15) is 5.26 Å². The van der Waals surface area contributed by atoms with Crippen molar-refractivity contribution < 1.29 is 4.39 Å². The molecule has 1 heterocycles. The van der Waals surface area contributed by atoms with Gasteiger partial charge in [0.1, 0.15) is 17.7 Å². The summed E-state index contributed by atoms with van der Waals surface area (Å²) >= 11 is 0. The zero-order valence-corrected chi connectivity index (χ0v) is 11.7. The summed E-state index contributed by atoms with van der Waals surface area (Å²) in [5.74, 6) is 0.301. The van der Waals surface area contributed by atoms with Crippen molar-refractivity contribution in [3.63, 3.8) is 0 Å². The highest BCUT2D eigenvalue weighted by molar-refractivity contribution is 5.56. The number of aryl methyl sites for hydroxylation is 2. The second-order valence-electron chi connectivity index (χ2n) is 4.84. The molecule has 2 aromatic rings. The van der Waals surface area contributed by atoms with Gasteiger partial charge >= 0.3 is 0 Å². The second-order valence-corrected chi connectivity index (χ2v) is 4.84. The first kappa shape index (κ1) is 14.0. The molecule has 0 spiro atoms. The molecular formula is C16H16FN3. The lowest BCUT2D eigenvalue weighted by Crippen LogP contribution is -2.10. The fourth-order valence-electron chi connectivity index (χ4n) is 1.98. The molecule has 0 fully saturated rings. The van der Waals surface area contributed by atoms with E-state index >= 15 is 0 Å². The number of benzene rings is 1. The monoisotopic (exact) mass is 269 g/mol. The molecule has 2 rings (SSSR count). The fourth-order valence-corrected chi connectivity index (χ4v) is 1.98. The van der Waals surface area contributed by atoms with Gasteiger partial charge in [-0.25, -0.2) is 9.37 Å². The lowest BCUT2D eigenvalue weighted by Gasteiger charge is -2.17. The number of nitriles is 1. The first-order valence-corrected chi connectivity index (χ1v) is 6.41. The first-order valence-electron chi connectivity index (χ1n) is 6.41. The zero-order chi connectivity index (χ0) is 14.7. The standard InChI is InChI=1S/C16H16FN3/c1-10-6-7-19-16(14(10)9-18)20-12(3)13-5-4-11(2)15(17)8-13/h4-8,12H,1-3H3,(H,19,20). The predicted molar refractivity (Wildman–Crippen MR) is 76.9 cm³/mol. The Bertz CT molecular complexity index is 674. The van der Waals surface area contributed by atoms with E-state index in [1.54, 1.807) is 25.3 Å². The van der Waals surface area contributed by atoms with Gasteiger partial charge < -0.3 is 5.32 Å². The van der Waals surface area contributed by atoms with Crippen LogP contribution in [-0.4, -0.2) is 4.98 Å². The van der Waals surface area contributed by atoms with Gasteiger partial charge in [-0.1, -0.05) is 12.1 Å². The van der Waals surface area contributed by atoms with E-state index in [1.165, 1.54) is 6.07 Å². The van der Waals surface area contributed by atoms with Crippen LogP contribution in [0.15, 0.2) is 30.5 Å². The number of nitrogens with zero attached hydrogens (tertiary/aromatic N) is 2. The molecule has 0 saturated heterocycles. The highest BCUT2D eigenvalue weighted by atomic mass is 19.1. The Hall–Kier alpha value is -2.41. The number of rotatable bonds is 3. The van der Waals surface area contributed by atoms with Gasteiger partial charge in [0.25, 0.3) is 0 Å². The maximum absolute atomic E-state index is 13.6. The molecule has 0 bridgehead atoms. The van der Waals surface area contributed by atoms with Crippen LogP contribution < -0.4 is 5.32 Å². The summed E-state index contributed by atoms with van der Waals surface area (Å²) in [6, 6.07) is 8.93. The maximum Gasteiger partial charge on any atom is 0.144 e. The van der Waals surface area contributed by atoms with Crippen molar-refractivity contribution in [3.8, 4) is 6.07 Å². The fraction of sp³-hybridized carbons (Fsp3) is 0.250. The number of hydrogen-bond donors (Lipinski definition) is 1. The third kappa shape index (κ3) is 2.77. The third-order valence-electron chi connectivity index (χ3n) is 3.32. The van der Waals surface area contributed by atoms with Gasteiger partial charge in [0, 0.05) is 6.20 Å². The van der Waals surface area contributed by atoms with Gasteiger partial charge in [0.2, 0.25) is 0 Å². The Morgan fingerprint density at radius 1 is 1.25 bits per heavy atom. The van der Waals surface area contributed by atoms with Crippen molar-refractivity contribution in [3.05, 3.63) is 58.5 Å². The molecule has 0 aliphatic rings. The molecule has 1 unspecified atom stereocenters. The summed E-state index contributed by atoms with van der Waals surface area (Å²) in [7, 11) is 0. The van der Waals surface area contributed by atoms with E-state index in [1.807, 2.05) is 19.9 Å². The second kappa shape index (κ2) is 5.70. The Morgan fingerprint density at radius 3 is 2.65 bits per heavy atom. The van der Waals surface area contributed by atoms with E-state index in [0.717, 1.165) is 11.1 Å². The van der Waals surface area contributed by atoms with Crippen LogP contribution >= 0.6 is 0 Å². The van der Waals surface area contributed by atoms with E-state index in [0.29, 0.717) is 16.9 Å². The summed E-state index contributed by atoms with van der Waals surface area (Å²) in [5.41, 5.74) is 2.83. The van der Waals surface area contributed by atoms with E-state index in [2.05, 4.69) is 16.4 Å². The van der Waals surface area contributed by atoms with Crippen LogP contribution in [0, 0.1) is 31.0 Å². The third-order valence-corrected chi connectivity index (χ3v) is 3.32. The van der Waals surface area contributed by atoms with Crippen molar-refractivity contribution in [1.82, 2.24) is 4.98 Å². The quantitative estimate of drug-likeness (QED) is 0.919. The predicted octanol–water partition coefficient (Wildman–Crippen LogP) is 3.88. The molecule has 0 aliphatic carbocycles. The van der Waals surface area contributed by atoms with Crippen LogP contribution in [0.3, 0.4) is 0 Å². The Kier molecular flexibility index (Phi) is 3.99. The van der Waals surface area contributed by atoms with Crippen LogP contribution in [0.1, 0.15) is 35.2 Å². The minimum Gasteiger partial charge on any atom is -0.362 e. The summed E-state index contributed by atoms with van der Waals surface area (Å²) < 4.78 is 13.6. The van der Waals surface area contributed by atoms with Crippen molar-refractivity contribution in [1.29, 1.82) is 5.26 Å². The average Bonchev–Trinajstić information content (AvgIpc) is 2.42. The topological polar surface area (TPSA) is 48.7 Å². The lowest BCUT2D eigenvalue weighted by molar-refractivity contribution is 0.614. The molecule has 0 aliphatic heterocycles. The number of aromatic nitrogens is 1. The van der Waals surface area contributed by atoms with Crippen molar-refractivity contribution in [2.75, 3.05) is 5.32 Å². The minimum atomic E-state index is -0.228. The number of pyridine rings is 1. The van der Waals surface area contributed by atoms with E-state index in [9.17, 15) is 9.65 Å². The van der Waals surface area contributed by atoms with E-state index < -0.39 is 0 Å². The van der Waals surface area contributed by atoms with Gasteiger partial charge in [-0.15, -0.1) is 0 Å². The highest BCUT2D eigenvalue weighted by Gasteiger charge is 2.12. The molecule has 4 heteroatoms. The Morgan fingerprint density at radius 2 is 2.00 bits per heavy atom. The van der Waals surface area contributed by atoms with Gasteiger partial charge in [0.05, 0.1) is 11.6 Å². The molecular weight excluding hydrogens is 253 g/mol. The Labute approximate surface area is 118 Å². The molecule has 1 N–H and O–H groups in total. The number of halogens is 1. The van der Waals surface area contributed by atoms with Crippen LogP contribution in [0.5, 0.6) is 0 Å². The molecule has 0 amide bonds. The van der Waals surface area contributed by atoms with Crippen LogP contribution in [0.4, 0.5) is 10.2 Å². The number of hydrogen-bond acceptors (Lipinski definition) is 3. The van der Waals surface area contributed by atoms with Gasteiger partial charge in [-0.05, 0) is 49.6 Å². The maximum atomic E-state index is 13.6. The molecule has 0 saturated carbocycles. The van der Waals surface area contributed by atoms with Crippen LogP contribution in [-0.2, 0) is 0 Å². The summed E-state index contributed by atoms with van der Waals surface area (Å²) in [5, 5.41) is 12.3. The van der Waals surface area contributed by atoms with Crippen molar-refractivity contribution in [2.24, 2.45) is 0 Å². The minimum absolute atomic E-state index is 0.133. The van der Waals surface area contributed by atoms with Gasteiger partial charge in [0.15, 0.2) is 0 Å². The molecule has 1 aromatic carbocycles. The Balaban J connectivity index is 2.28.